The van der Waals surface area contributed by atoms with Crippen LogP contribution in [-0.2, 0) is 4.74 Å². The second kappa shape index (κ2) is 5.66. The molecular formula is C13H18O3. The van der Waals surface area contributed by atoms with Crippen LogP contribution in [0.2, 0.25) is 0 Å². The predicted molar refractivity (Wildman–Crippen MR) is 63.1 cm³/mol. The van der Waals surface area contributed by atoms with Gasteiger partial charge >= 0.3 is 0 Å². The molecule has 0 aliphatic carbocycles. The minimum absolute atomic E-state index is 0.0470. The molecule has 0 heterocycles. The van der Waals surface area contributed by atoms with Crippen LogP contribution in [0.4, 0.5) is 0 Å². The van der Waals surface area contributed by atoms with E-state index < -0.39 is 0 Å². The molecule has 0 atom stereocenters. The lowest BCUT2D eigenvalue weighted by Gasteiger charge is -2.10. The standard InChI is InChI=1S/C13H18O3/c1-9(2)16-8-12(14)11-7-10(3)5-6-13(11)15-4/h5-7,9H,8H2,1-4H3. The highest BCUT2D eigenvalue weighted by molar-refractivity contribution is 5.99. The van der Waals surface area contributed by atoms with Gasteiger partial charge in [-0.25, -0.2) is 0 Å². The molecule has 0 saturated heterocycles. The molecule has 0 aliphatic heterocycles. The predicted octanol–water partition coefficient (Wildman–Crippen LogP) is 2.61. The Labute approximate surface area is 96.4 Å². The summed E-state index contributed by atoms with van der Waals surface area (Å²) >= 11 is 0. The Bertz CT molecular complexity index is 369. The quantitative estimate of drug-likeness (QED) is 0.718. The number of rotatable bonds is 5. The Hall–Kier alpha value is -1.35. The van der Waals surface area contributed by atoms with Crippen LogP contribution in [0.15, 0.2) is 18.2 Å². The van der Waals surface area contributed by atoms with Gasteiger partial charge in [0.1, 0.15) is 12.4 Å². The van der Waals surface area contributed by atoms with E-state index in [-0.39, 0.29) is 18.5 Å². The zero-order valence-corrected chi connectivity index (χ0v) is 10.2. The van der Waals surface area contributed by atoms with E-state index in [1.165, 1.54) is 0 Å². The van der Waals surface area contributed by atoms with Crippen LogP contribution in [0.25, 0.3) is 0 Å². The number of hydrogen-bond acceptors (Lipinski definition) is 3. The summed E-state index contributed by atoms with van der Waals surface area (Å²) in [6.45, 7) is 5.85. The maximum absolute atomic E-state index is 11.9. The average molecular weight is 222 g/mol. The molecule has 0 spiro atoms. The van der Waals surface area contributed by atoms with Crippen molar-refractivity contribution in [1.82, 2.24) is 0 Å². The van der Waals surface area contributed by atoms with Crippen molar-refractivity contribution in [1.29, 1.82) is 0 Å². The topological polar surface area (TPSA) is 35.5 Å². The summed E-state index contributed by atoms with van der Waals surface area (Å²) in [4.78, 5) is 11.9. The molecule has 3 heteroatoms. The van der Waals surface area contributed by atoms with E-state index >= 15 is 0 Å². The molecule has 0 aromatic heterocycles. The average Bonchev–Trinajstić information content (AvgIpc) is 2.25. The zero-order chi connectivity index (χ0) is 12.1. The maximum Gasteiger partial charge on any atom is 0.192 e. The van der Waals surface area contributed by atoms with Crippen molar-refractivity contribution < 1.29 is 14.3 Å². The number of methoxy groups -OCH3 is 1. The zero-order valence-electron chi connectivity index (χ0n) is 10.2. The Morgan fingerprint density at radius 1 is 1.38 bits per heavy atom. The third-order valence-corrected chi connectivity index (χ3v) is 2.20. The van der Waals surface area contributed by atoms with Crippen molar-refractivity contribution in [3.8, 4) is 5.75 Å². The molecule has 1 rings (SSSR count). The summed E-state index contributed by atoms with van der Waals surface area (Å²) in [6, 6.07) is 5.54. The van der Waals surface area contributed by atoms with Gasteiger partial charge < -0.3 is 9.47 Å². The smallest absolute Gasteiger partial charge is 0.192 e. The van der Waals surface area contributed by atoms with E-state index in [0.29, 0.717) is 11.3 Å². The molecule has 0 aliphatic rings. The Morgan fingerprint density at radius 2 is 2.06 bits per heavy atom. The second-order valence-electron chi connectivity index (χ2n) is 3.99. The van der Waals surface area contributed by atoms with Gasteiger partial charge in [-0.15, -0.1) is 0 Å². The number of hydrogen-bond donors (Lipinski definition) is 0. The Balaban J connectivity index is 2.84. The van der Waals surface area contributed by atoms with Crippen molar-refractivity contribution in [3.63, 3.8) is 0 Å². The fourth-order valence-corrected chi connectivity index (χ4v) is 1.36. The minimum Gasteiger partial charge on any atom is -0.496 e. The Kier molecular flexibility index (Phi) is 4.50. The molecule has 3 nitrogen and oxygen atoms in total. The molecule has 0 saturated carbocycles. The van der Waals surface area contributed by atoms with Gasteiger partial charge in [-0.1, -0.05) is 11.6 Å². The van der Waals surface area contributed by atoms with Gasteiger partial charge in [0.15, 0.2) is 5.78 Å². The minimum atomic E-state index is -0.0470. The number of ketones is 1. The first-order valence-corrected chi connectivity index (χ1v) is 5.34. The van der Waals surface area contributed by atoms with Crippen molar-refractivity contribution in [2.24, 2.45) is 0 Å². The molecule has 0 amide bonds. The van der Waals surface area contributed by atoms with Crippen molar-refractivity contribution >= 4 is 5.78 Å². The number of carbonyl (C=O) groups is 1. The fraction of sp³-hybridized carbons (Fsp3) is 0.462. The van der Waals surface area contributed by atoms with Gasteiger partial charge in [-0.05, 0) is 32.9 Å². The van der Waals surface area contributed by atoms with Gasteiger partial charge in [-0.3, -0.25) is 4.79 Å². The molecule has 0 radical (unpaired) electrons. The van der Waals surface area contributed by atoms with Gasteiger partial charge in [0.25, 0.3) is 0 Å². The van der Waals surface area contributed by atoms with Gasteiger partial charge in [0.05, 0.1) is 18.8 Å². The lowest BCUT2D eigenvalue weighted by molar-refractivity contribution is 0.0582. The second-order valence-corrected chi connectivity index (χ2v) is 3.99. The fourth-order valence-electron chi connectivity index (χ4n) is 1.36. The summed E-state index contributed by atoms with van der Waals surface area (Å²) in [7, 11) is 1.56. The van der Waals surface area contributed by atoms with Gasteiger partial charge in [0, 0.05) is 0 Å². The molecule has 0 N–H and O–H groups in total. The monoisotopic (exact) mass is 222 g/mol. The SMILES string of the molecule is COc1ccc(C)cc1C(=O)COC(C)C. The van der Waals surface area contributed by atoms with Crippen LogP contribution in [0.3, 0.4) is 0 Å². The highest BCUT2D eigenvalue weighted by Crippen LogP contribution is 2.20. The summed E-state index contributed by atoms with van der Waals surface area (Å²) in [5.41, 5.74) is 1.62. The van der Waals surface area contributed by atoms with Crippen LogP contribution in [0.1, 0.15) is 29.8 Å². The highest BCUT2D eigenvalue weighted by atomic mass is 16.5. The van der Waals surface area contributed by atoms with Crippen LogP contribution in [0, 0.1) is 6.92 Å². The van der Waals surface area contributed by atoms with Crippen LogP contribution in [0.5, 0.6) is 5.75 Å². The molecular weight excluding hydrogens is 204 g/mol. The van der Waals surface area contributed by atoms with Crippen LogP contribution < -0.4 is 4.74 Å². The van der Waals surface area contributed by atoms with Gasteiger partial charge in [-0.2, -0.15) is 0 Å². The van der Waals surface area contributed by atoms with Gasteiger partial charge in [0.2, 0.25) is 0 Å². The lowest BCUT2D eigenvalue weighted by atomic mass is 10.1. The Morgan fingerprint density at radius 3 is 2.62 bits per heavy atom. The molecule has 0 unspecified atom stereocenters. The summed E-state index contributed by atoms with van der Waals surface area (Å²) in [5, 5.41) is 0. The number of carbonyl (C=O) groups excluding carboxylic acids is 1. The van der Waals surface area contributed by atoms with Crippen molar-refractivity contribution in [3.05, 3.63) is 29.3 Å². The molecule has 16 heavy (non-hydrogen) atoms. The third-order valence-electron chi connectivity index (χ3n) is 2.20. The highest BCUT2D eigenvalue weighted by Gasteiger charge is 2.13. The van der Waals surface area contributed by atoms with Crippen molar-refractivity contribution in [2.75, 3.05) is 13.7 Å². The van der Waals surface area contributed by atoms with E-state index in [1.807, 2.05) is 32.9 Å². The first-order chi connectivity index (χ1) is 7.54. The summed E-state index contributed by atoms with van der Waals surface area (Å²) in [6.07, 6.45) is 0.0553. The molecule has 1 aromatic rings. The largest absolute Gasteiger partial charge is 0.496 e. The first-order valence-electron chi connectivity index (χ1n) is 5.34. The third kappa shape index (κ3) is 3.35. The number of Topliss-reactive ketones (excluding diaryl/α,β-unsaturated/α-hetero) is 1. The number of ether oxygens (including phenoxy) is 2. The van der Waals surface area contributed by atoms with E-state index in [2.05, 4.69) is 0 Å². The van der Waals surface area contributed by atoms with E-state index in [4.69, 9.17) is 9.47 Å². The molecule has 0 fully saturated rings. The molecule has 1 aromatic carbocycles. The number of benzene rings is 1. The van der Waals surface area contributed by atoms with E-state index in [1.54, 1.807) is 13.2 Å². The van der Waals surface area contributed by atoms with Crippen LogP contribution in [-0.4, -0.2) is 25.6 Å². The first kappa shape index (κ1) is 12.7. The van der Waals surface area contributed by atoms with Crippen LogP contribution >= 0.6 is 0 Å². The van der Waals surface area contributed by atoms with E-state index in [0.717, 1.165) is 5.56 Å². The normalized spacial score (nSPS) is 10.6. The maximum atomic E-state index is 11.9. The number of aryl methyl sites for hydroxylation is 1. The summed E-state index contributed by atoms with van der Waals surface area (Å²) in [5.74, 6) is 0.553. The summed E-state index contributed by atoms with van der Waals surface area (Å²) < 4.78 is 10.4. The molecule has 0 bridgehead atoms. The van der Waals surface area contributed by atoms with Crippen molar-refractivity contribution in [2.45, 2.75) is 26.9 Å². The lowest BCUT2D eigenvalue weighted by Crippen LogP contribution is -2.14. The van der Waals surface area contributed by atoms with E-state index in [9.17, 15) is 4.79 Å². The molecule has 88 valence electrons.